The molecule has 2 nitrogen and oxygen atoms in total. The Balaban J connectivity index is 2.89. The van der Waals surface area contributed by atoms with E-state index in [0.29, 0.717) is 11.8 Å². The average Bonchev–Trinajstić information content (AvgIpc) is 2.34. The molecule has 1 N–H and O–H groups in total. The van der Waals surface area contributed by atoms with Crippen LogP contribution in [-0.4, -0.2) is 19.6 Å². The first-order valence-corrected chi connectivity index (χ1v) is 7.68. The summed E-state index contributed by atoms with van der Waals surface area (Å²) in [7, 11) is 0. The summed E-state index contributed by atoms with van der Waals surface area (Å²) in [4.78, 5) is 2.17. The van der Waals surface area contributed by atoms with Crippen molar-refractivity contribution in [3.63, 3.8) is 0 Å². The highest BCUT2D eigenvalue weighted by molar-refractivity contribution is 5.49. The van der Waals surface area contributed by atoms with Gasteiger partial charge in [0.05, 0.1) is 5.69 Å². The Morgan fingerprint density at radius 3 is 2.15 bits per heavy atom. The molecular weight excluding hydrogens is 251 g/mol. The normalized spacial score (nSPS) is 11.4. The summed E-state index contributed by atoms with van der Waals surface area (Å²) in [5, 5.41) is 3.22. The van der Waals surface area contributed by atoms with E-state index in [1.54, 1.807) is 6.07 Å². The van der Waals surface area contributed by atoms with Crippen molar-refractivity contribution in [3.05, 3.63) is 29.6 Å². The molecule has 0 bridgehead atoms. The van der Waals surface area contributed by atoms with Crippen LogP contribution in [0.25, 0.3) is 0 Å². The molecule has 0 heterocycles. The van der Waals surface area contributed by atoms with Crippen LogP contribution in [0.1, 0.15) is 40.2 Å². The fourth-order valence-corrected chi connectivity index (χ4v) is 2.34. The molecule has 1 rings (SSSR count). The lowest BCUT2D eigenvalue weighted by Crippen LogP contribution is -2.32. The second-order valence-electron chi connectivity index (χ2n) is 6.26. The van der Waals surface area contributed by atoms with E-state index in [4.69, 9.17) is 0 Å². The van der Waals surface area contributed by atoms with Gasteiger partial charge in [-0.3, -0.25) is 0 Å². The summed E-state index contributed by atoms with van der Waals surface area (Å²) >= 11 is 0. The Labute approximate surface area is 123 Å². The van der Waals surface area contributed by atoms with Gasteiger partial charge in [-0.2, -0.15) is 0 Å². The molecule has 0 spiro atoms. The Morgan fingerprint density at radius 1 is 1.10 bits per heavy atom. The van der Waals surface area contributed by atoms with Crippen molar-refractivity contribution in [2.45, 2.75) is 41.2 Å². The van der Waals surface area contributed by atoms with Crippen LogP contribution in [-0.2, 0) is 6.54 Å². The van der Waals surface area contributed by atoms with E-state index in [-0.39, 0.29) is 5.82 Å². The predicted molar refractivity (Wildman–Crippen MR) is 85.7 cm³/mol. The maximum absolute atomic E-state index is 14.4. The standard InChI is InChI=1S/C17H29FN2/c1-6-19-10-15-7-8-17(16(18)9-15)20(11-13(2)3)12-14(4)5/h7-9,13-14,19H,6,10-12H2,1-5H3. The van der Waals surface area contributed by atoms with Gasteiger partial charge < -0.3 is 10.2 Å². The van der Waals surface area contributed by atoms with Gasteiger partial charge in [-0.25, -0.2) is 4.39 Å². The maximum atomic E-state index is 14.4. The molecule has 0 fully saturated rings. The Morgan fingerprint density at radius 2 is 1.70 bits per heavy atom. The summed E-state index contributed by atoms with van der Waals surface area (Å²) in [5.74, 6) is 0.936. The van der Waals surface area contributed by atoms with Crippen molar-refractivity contribution in [2.75, 3.05) is 24.5 Å². The van der Waals surface area contributed by atoms with E-state index in [1.807, 2.05) is 12.1 Å². The molecule has 1 aromatic carbocycles. The van der Waals surface area contributed by atoms with Crippen molar-refractivity contribution in [1.29, 1.82) is 0 Å². The van der Waals surface area contributed by atoms with Gasteiger partial charge in [0.2, 0.25) is 0 Å². The fourth-order valence-electron chi connectivity index (χ4n) is 2.34. The van der Waals surface area contributed by atoms with Crippen LogP contribution in [0, 0.1) is 17.7 Å². The quantitative estimate of drug-likeness (QED) is 0.772. The summed E-state index contributed by atoms with van der Waals surface area (Å²) in [6.45, 7) is 14.1. The molecule has 0 aromatic heterocycles. The number of halogens is 1. The summed E-state index contributed by atoms with van der Waals surface area (Å²) in [6.07, 6.45) is 0. The summed E-state index contributed by atoms with van der Waals surface area (Å²) in [5.41, 5.74) is 1.73. The Kier molecular flexibility index (Phi) is 7.00. The monoisotopic (exact) mass is 280 g/mol. The molecule has 0 saturated heterocycles. The van der Waals surface area contributed by atoms with E-state index < -0.39 is 0 Å². The third-order valence-corrected chi connectivity index (χ3v) is 3.10. The average molecular weight is 280 g/mol. The molecule has 0 atom stereocenters. The molecule has 3 heteroatoms. The van der Waals surface area contributed by atoms with E-state index >= 15 is 0 Å². The topological polar surface area (TPSA) is 15.3 Å². The number of hydrogen-bond donors (Lipinski definition) is 1. The smallest absolute Gasteiger partial charge is 0.146 e. The van der Waals surface area contributed by atoms with Gasteiger partial charge in [0.1, 0.15) is 5.82 Å². The first-order valence-electron chi connectivity index (χ1n) is 7.68. The molecule has 0 unspecified atom stereocenters. The third-order valence-electron chi connectivity index (χ3n) is 3.10. The molecule has 0 amide bonds. The molecule has 0 saturated carbocycles. The highest BCUT2D eigenvalue weighted by Crippen LogP contribution is 2.23. The van der Waals surface area contributed by atoms with Gasteiger partial charge in [0.15, 0.2) is 0 Å². The lowest BCUT2D eigenvalue weighted by atomic mass is 10.1. The number of hydrogen-bond acceptors (Lipinski definition) is 2. The van der Waals surface area contributed by atoms with Gasteiger partial charge in [-0.05, 0) is 36.1 Å². The van der Waals surface area contributed by atoms with Crippen LogP contribution in [0.2, 0.25) is 0 Å². The van der Waals surface area contributed by atoms with Crippen molar-refractivity contribution in [3.8, 4) is 0 Å². The SMILES string of the molecule is CCNCc1ccc(N(CC(C)C)CC(C)C)c(F)c1. The first-order chi connectivity index (χ1) is 9.43. The lowest BCUT2D eigenvalue weighted by Gasteiger charge is -2.29. The van der Waals surface area contributed by atoms with Crippen molar-refractivity contribution in [1.82, 2.24) is 5.32 Å². The molecule has 114 valence electrons. The highest BCUT2D eigenvalue weighted by atomic mass is 19.1. The molecule has 0 aliphatic carbocycles. The van der Waals surface area contributed by atoms with Crippen LogP contribution in [0.15, 0.2) is 18.2 Å². The summed E-state index contributed by atoms with van der Waals surface area (Å²) in [6, 6.07) is 5.60. The van der Waals surface area contributed by atoms with E-state index in [1.165, 1.54) is 0 Å². The molecule has 0 radical (unpaired) electrons. The lowest BCUT2D eigenvalue weighted by molar-refractivity contribution is 0.537. The number of anilines is 1. The minimum atomic E-state index is -0.110. The molecular formula is C17H29FN2. The second kappa shape index (κ2) is 8.25. The number of benzene rings is 1. The van der Waals surface area contributed by atoms with Crippen LogP contribution in [0.4, 0.5) is 10.1 Å². The van der Waals surface area contributed by atoms with Gasteiger partial charge in [-0.15, -0.1) is 0 Å². The van der Waals surface area contributed by atoms with Crippen LogP contribution in [0.3, 0.4) is 0 Å². The summed E-state index contributed by atoms with van der Waals surface area (Å²) < 4.78 is 14.4. The first kappa shape index (κ1) is 17.0. The van der Waals surface area contributed by atoms with Gasteiger partial charge >= 0.3 is 0 Å². The Bertz CT molecular complexity index is 392. The van der Waals surface area contributed by atoms with Crippen molar-refractivity contribution < 1.29 is 4.39 Å². The number of rotatable bonds is 8. The maximum Gasteiger partial charge on any atom is 0.146 e. The van der Waals surface area contributed by atoms with Gasteiger partial charge in [-0.1, -0.05) is 40.7 Å². The Hall–Kier alpha value is -1.09. The van der Waals surface area contributed by atoms with Crippen molar-refractivity contribution >= 4 is 5.69 Å². The zero-order valence-electron chi connectivity index (χ0n) is 13.5. The van der Waals surface area contributed by atoms with E-state index in [9.17, 15) is 4.39 Å². The predicted octanol–water partition coefficient (Wildman–Crippen LogP) is 4.05. The van der Waals surface area contributed by atoms with E-state index in [0.717, 1.165) is 37.4 Å². The minimum Gasteiger partial charge on any atom is -0.369 e. The minimum absolute atomic E-state index is 0.110. The van der Waals surface area contributed by atoms with Crippen molar-refractivity contribution in [2.24, 2.45) is 11.8 Å². The molecule has 0 aliphatic heterocycles. The largest absolute Gasteiger partial charge is 0.369 e. The van der Waals surface area contributed by atoms with Crippen LogP contribution >= 0.6 is 0 Å². The number of nitrogens with one attached hydrogen (secondary N) is 1. The highest BCUT2D eigenvalue weighted by Gasteiger charge is 2.14. The molecule has 1 aromatic rings. The number of nitrogens with zero attached hydrogens (tertiary/aromatic N) is 1. The zero-order chi connectivity index (χ0) is 15.1. The van der Waals surface area contributed by atoms with E-state index in [2.05, 4.69) is 44.8 Å². The van der Waals surface area contributed by atoms with Gasteiger partial charge in [0.25, 0.3) is 0 Å². The fraction of sp³-hybridized carbons (Fsp3) is 0.647. The van der Waals surface area contributed by atoms with Crippen LogP contribution < -0.4 is 10.2 Å². The molecule has 20 heavy (non-hydrogen) atoms. The third kappa shape index (κ3) is 5.49. The second-order valence-corrected chi connectivity index (χ2v) is 6.26. The zero-order valence-corrected chi connectivity index (χ0v) is 13.5. The van der Waals surface area contributed by atoms with Crippen LogP contribution in [0.5, 0.6) is 0 Å². The van der Waals surface area contributed by atoms with Gasteiger partial charge in [0, 0.05) is 19.6 Å². The molecule has 0 aliphatic rings.